The van der Waals surface area contributed by atoms with Gasteiger partial charge >= 0.3 is 5.97 Å². The van der Waals surface area contributed by atoms with E-state index in [9.17, 15) is 9.59 Å². The lowest BCUT2D eigenvalue weighted by Gasteiger charge is -2.19. The molecule has 0 aromatic carbocycles. The second-order valence-electron chi connectivity index (χ2n) is 3.38. The van der Waals surface area contributed by atoms with Crippen molar-refractivity contribution in [3.8, 4) is 0 Å². The van der Waals surface area contributed by atoms with Crippen LogP contribution in [0.15, 0.2) is 5.51 Å². The Bertz CT molecular complexity index is 405. The lowest BCUT2D eigenvalue weighted by atomic mass is 10.3. The summed E-state index contributed by atoms with van der Waals surface area (Å²) in [7, 11) is 1.50. The monoisotopic (exact) mass is 258 g/mol. The van der Waals surface area contributed by atoms with E-state index in [0.717, 1.165) is 0 Å². The summed E-state index contributed by atoms with van der Waals surface area (Å²) in [6.07, 6.45) is 0. The molecule has 7 heteroatoms. The molecular formula is C10H14N2O4S. The first-order valence-electron chi connectivity index (χ1n) is 4.96. The lowest BCUT2D eigenvalue weighted by Crippen LogP contribution is -2.37. The normalized spacial score (nSPS) is 10.2. The average Bonchev–Trinajstić information content (AvgIpc) is 2.69. The molecule has 0 radical (unpaired) electrons. The third-order valence-corrected chi connectivity index (χ3v) is 3.03. The average molecular weight is 258 g/mol. The smallest absolute Gasteiger partial charge is 0.323 e. The Balaban J connectivity index is 2.78. The molecular weight excluding hydrogens is 244 g/mol. The number of nitrogens with zero attached hydrogens (tertiary/aromatic N) is 2. The van der Waals surface area contributed by atoms with E-state index in [1.807, 2.05) is 0 Å². The minimum Gasteiger partial charge on any atom is -0.480 e. The highest BCUT2D eigenvalue weighted by molar-refractivity contribution is 7.11. The summed E-state index contributed by atoms with van der Waals surface area (Å²) in [4.78, 5) is 28.4. The molecule has 1 heterocycles. The van der Waals surface area contributed by atoms with Gasteiger partial charge in [0.15, 0.2) is 0 Å². The highest BCUT2D eigenvalue weighted by Gasteiger charge is 2.21. The number of carboxylic acid groups (broad SMARTS) is 1. The molecule has 0 bridgehead atoms. The largest absolute Gasteiger partial charge is 0.480 e. The van der Waals surface area contributed by atoms with Crippen molar-refractivity contribution in [2.45, 2.75) is 6.92 Å². The van der Waals surface area contributed by atoms with Gasteiger partial charge in [-0.3, -0.25) is 9.59 Å². The van der Waals surface area contributed by atoms with Crippen LogP contribution in [-0.2, 0) is 9.53 Å². The summed E-state index contributed by atoms with van der Waals surface area (Å²) in [6.45, 7) is 1.94. The van der Waals surface area contributed by atoms with Crippen LogP contribution in [0.5, 0.6) is 0 Å². The number of rotatable bonds is 6. The summed E-state index contributed by atoms with van der Waals surface area (Å²) in [5.74, 6) is -1.36. The van der Waals surface area contributed by atoms with Gasteiger partial charge < -0.3 is 14.7 Å². The number of hydrogen-bond acceptors (Lipinski definition) is 5. The zero-order chi connectivity index (χ0) is 12.8. The van der Waals surface area contributed by atoms with Crippen LogP contribution in [0.1, 0.15) is 15.4 Å². The highest BCUT2D eigenvalue weighted by atomic mass is 32.1. The number of aryl methyl sites for hydroxylation is 1. The molecule has 0 aliphatic carbocycles. The number of hydrogen-bond donors (Lipinski definition) is 1. The van der Waals surface area contributed by atoms with E-state index in [2.05, 4.69) is 4.98 Å². The van der Waals surface area contributed by atoms with Crippen molar-refractivity contribution < 1.29 is 19.4 Å². The molecule has 17 heavy (non-hydrogen) atoms. The molecule has 0 saturated carbocycles. The van der Waals surface area contributed by atoms with E-state index in [1.54, 1.807) is 12.4 Å². The maximum Gasteiger partial charge on any atom is 0.323 e. The predicted molar refractivity (Wildman–Crippen MR) is 62.3 cm³/mol. The molecule has 0 unspecified atom stereocenters. The van der Waals surface area contributed by atoms with E-state index in [-0.39, 0.29) is 19.0 Å². The van der Waals surface area contributed by atoms with Crippen molar-refractivity contribution in [2.24, 2.45) is 0 Å². The molecule has 94 valence electrons. The SMILES string of the molecule is COCCN(CC(=O)O)C(=O)c1scnc1C. The Hall–Kier alpha value is -1.47. The fourth-order valence-corrected chi connectivity index (χ4v) is 2.04. The predicted octanol–water partition coefficient (Wildman–Crippen LogP) is 0.625. The van der Waals surface area contributed by atoms with Gasteiger partial charge in [-0.1, -0.05) is 0 Å². The zero-order valence-corrected chi connectivity index (χ0v) is 10.5. The Labute approximate surface area is 103 Å². The third kappa shape index (κ3) is 3.79. The molecule has 0 fully saturated rings. The minimum absolute atomic E-state index is 0.249. The van der Waals surface area contributed by atoms with Gasteiger partial charge in [-0.2, -0.15) is 0 Å². The van der Waals surface area contributed by atoms with E-state index >= 15 is 0 Å². The standard InChI is InChI=1S/C10H14N2O4S/c1-7-9(17-6-11-7)10(15)12(3-4-16-2)5-8(13)14/h6H,3-5H2,1-2H3,(H,13,14). The molecule has 0 spiro atoms. The Morgan fingerprint density at radius 1 is 1.59 bits per heavy atom. The molecule has 1 rings (SSSR count). The maximum absolute atomic E-state index is 12.0. The van der Waals surface area contributed by atoms with Crippen molar-refractivity contribution in [1.29, 1.82) is 0 Å². The first kappa shape index (κ1) is 13.6. The fraction of sp³-hybridized carbons (Fsp3) is 0.500. The number of carbonyl (C=O) groups is 2. The van der Waals surface area contributed by atoms with Gasteiger partial charge in [0.25, 0.3) is 5.91 Å². The van der Waals surface area contributed by atoms with E-state index < -0.39 is 5.97 Å². The van der Waals surface area contributed by atoms with Crippen LogP contribution in [0.2, 0.25) is 0 Å². The Morgan fingerprint density at radius 3 is 2.76 bits per heavy atom. The maximum atomic E-state index is 12.0. The molecule has 0 saturated heterocycles. The van der Waals surface area contributed by atoms with Gasteiger partial charge in [-0.25, -0.2) is 4.98 Å². The van der Waals surface area contributed by atoms with Crippen LogP contribution in [0.25, 0.3) is 0 Å². The van der Waals surface area contributed by atoms with Gasteiger partial charge in [0.05, 0.1) is 17.8 Å². The van der Waals surface area contributed by atoms with Crippen LogP contribution in [0, 0.1) is 6.92 Å². The lowest BCUT2D eigenvalue weighted by molar-refractivity contribution is -0.137. The van der Waals surface area contributed by atoms with Crippen molar-refractivity contribution in [3.63, 3.8) is 0 Å². The number of aliphatic carboxylic acids is 1. The number of aromatic nitrogens is 1. The topological polar surface area (TPSA) is 79.7 Å². The van der Waals surface area contributed by atoms with E-state index in [0.29, 0.717) is 17.2 Å². The molecule has 6 nitrogen and oxygen atoms in total. The van der Waals surface area contributed by atoms with Gasteiger partial charge in [0.2, 0.25) is 0 Å². The summed E-state index contributed by atoms with van der Waals surface area (Å²) in [6, 6.07) is 0. The van der Waals surface area contributed by atoms with Crippen molar-refractivity contribution >= 4 is 23.2 Å². The second kappa shape index (κ2) is 6.31. The minimum atomic E-state index is -1.04. The Kier molecular flexibility index (Phi) is 5.05. The summed E-state index contributed by atoms with van der Waals surface area (Å²) in [5, 5.41) is 8.75. The van der Waals surface area contributed by atoms with Gasteiger partial charge in [0, 0.05) is 13.7 Å². The molecule has 0 aliphatic heterocycles. The third-order valence-electron chi connectivity index (χ3n) is 2.12. The van der Waals surface area contributed by atoms with Gasteiger partial charge in [-0.05, 0) is 6.92 Å². The van der Waals surface area contributed by atoms with Crippen LogP contribution >= 0.6 is 11.3 Å². The summed E-state index contributed by atoms with van der Waals surface area (Å²) in [5.41, 5.74) is 2.19. The van der Waals surface area contributed by atoms with Crippen molar-refractivity contribution in [3.05, 3.63) is 16.1 Å². The molecule has 1 N–H and O–H groups in total. The van der Waals surface area contributed by atoms with Gasteiger partial charge in [0.1, 0.15) is 11.4 Å². The van der Waals surface area contributed by atoms with Gasteiger partial charge in [-0.15, -0.1) is 11.3 Å². The van der Waals surface area contributed by atoms with Crippen molar-refractivity contribution in [2.75, 3.05) is 26.8 Å². The number of ether oxygens (including phenoxy) is 1. The first-order valence-corrected chi connectivity index (χ1v) is 5.84. The van der Waals surface area contributed by atoms with Crippen LogP contribution < -0.4 is 0 Å². The van der Waals surface area contributed by atoms with Crippen LogP contribution in [-0.4, -0.2) is 53.7 Å². The zero-order valence-electron chi connectivity index (χ0n) is 9.67. The quantitative estimate of drug-likeness (QED) is 0.809. The first-order chi connectivity index (χ1) is 8.06. The van der Waals surface area contributed by atoms with E-state index in [1.165, 1.54) is 23.3 Å². The fourth-order valence-electron chi connectivity index (χ4n) is 1.27. The molecule has 0 aliphatic rings. The number of amides is 1. The molecule has 1 aromatic rings. The van der Waals surface area contributed by atoms with Crippen LogP contribution in [0.3, 0.4) is 0 Å². The van der Waals surface area contributed by atoms with E-state index in [4.69, 9.17) is 9.84 Å². The highest BCUT2D eigenvalue weighted by Crippen LogP contribution is 2.14. The molecule has 0 atom stereocenters. The Morgan fingerprint density at radius 2 is 2.29 bits per heavy atom. The van der Waals surface area contributed by atoms with Crippen molar-refractivity contribution in [1.82, 2.24) is 9.88 Å². The second-order valence-corrected chi connectivity index (χ2v) is 4.23. The number of methoxy groups -OCH3 is 1. The molecule has 1 amide bonds. The number of thiazole rings is 1. The summed E-state index contributed by atoms with van der Waals surface area (Å²) < 4.78 is 4.85. The number of carbonyl (C=O) groups excluding carboxylic acids is 1. The number of carboxylic acids is 1. The van der Waals surface area contributed by atoms with Crippen LogP contribution in [0.4, 0.5) is 0 Å². The summed E-state index contributed by atoms with van der Waals surface area (Å²) >= 11 is 1.21. The molecule has 1 aromatic heterocycles.